The van der Waals surface area contributed by atoms with Crippen molar-refractivity contribution in [3.8, 4) is 0 Å². The highest BCUT2D eigenvalue weighted by atomic mass is 32.3. The number of nitrogens with zero attached hydrogens (tertiary/aromatic N) is 2. The minimum absolute atomic E-state index is 0.584. The summed E-state index contributed by atoms with van der Waals surface area (Å²) < 4.78 is 33.7. The van der Waals surface area contributed by atoms with Gasteiger partial charge in [0.05, 0.1) is 9.85 Å². The Kier molecular flexibility index (Phi) is 2.85. The first-order chi connectivity index (χ1) is 7.25. The zero-order valence-corrected chi connectivity index (χ0v) is 8.18. The Balaban J connectivity index is 3.72. The van der Waals surface area contributed by atoms with Crippen LogP contribution in [-0.4, -0.2) is 18.3 Å². The molecule has 16 heavy (non-hydrogen) atoms. The van der Waals surface area contributed by atoms with Gasteiger partial charge in [0.15, 0.2) is 4.90 Å². The summed E-state index contributed by atoms with van der Waals surface area (Å²) in [5, 5.41) is 20.9. The molecule has 0 fully saturated rings. The van der Waals surface area contributed by atoms with Crippen LogP contribution >= 0.6 is 0 Å². The monoisotopic (exact) mass is 250 g/mol. The molecule has 0 aliphatic rings. The largest absolute Gasteiger partial charge is 0.367 e. The molecule has 0 bridgehead atoms. The molecule has 8 nitrogen and oxygen atoms in total. The van der Waals surface area contributed by atoms with Gasteiger partial charge in [0.2, 0.25) is 0 Å². The van der Waals surface area contributed by atoms with E-state index in [0.29, 0.717) is 12.1 Å². The highest BCUT2D eigenvalue weighted by molar-refractivity contribution is 7.86. The molecular formula is C6H3FN2O6S. The molecule has 0 N–H and O–H groups in total. The lowest BCUT2D eigenvalue weighted by Gasteiger charge is -1.98. The van der Waals surface area contributed by atoms with Crippen LogP contribution in [0, 0.1) is 20.2 Å². The van der Waals surface area contributed by atoms with Crippen LogP contribution in [0.2, 0.25) is 0 Å². The Morgan fingerprint density at radius 1 is 1.12 bits per heavy atom. The van der Waals surface area contributed by atoms with E-state index >= 15 is 0 Å². The van der Waals surface area contributed by atoms with Crippen LogP contribution in [0.25, 0.3) is 0 Å². The number of nitro groups is 2. The van der Waals surface area contributed by atoms with Crippen molar-refractivity contribution in [2.75, 3.05) is 0 Å². The zero-order valence-electron chi connectivity index (χ0n) is 7.36. The van der Waals surface area contributed by atoms with Gasteiger partial charge in [0.1, 0.15) is 0 Å². The van der Waals surface area contributed by atoms with Crippen molar-refractivity contribution in [1.82, 2.24) is 0 Å². The maximum atomic E-state index is 12.6. The summed E-state index contributed by atoms with van der Waals surface area (Å²) in [6.07, 6.45) is 0. The molecule has 86 valence electrons. The maximum absolute atomic E-state index is 12.6. The highest BCUT2D eigenvalue weighted by Gasteiger charge is 2.34. The number of nitro benzene ring substituents is 2. The maximum Gasteiger partial charge on any atom is 0.367 e. The highest BCUT2D eigenvalue weighted by Crippen LogP contribution is 2.34. The Hall–Kier alpha value is -2.10. The average Bonchev–Trinajstić information content (AvgIpc) is 2.14. The number of para-hydroxylation sites is 1. The second-order valence-corrected chi connectivity index (χ2v) is 3.89. The lowest BCUT2D eigenvalue weighted by atomic mass is 10.3. The molecule has 0 amide bonds. The van der Waals surface area contributed by atoms with Crippen LogP contribution in [0.3, 0.4) is 0 Å². The lowest BCUT2D eigenvalue weighted by Crippen LogP contribution is -2.03. The molecule has 1 rings (SSSR count). The third-order valence-corrected chi connectivity index (χ3v) is 2.47. The predicted molar refractivity (Wildman–Crippen MR) is 48.0 cm³/mol. The predicted octanol–water partition coefficient (Wildman–Crippen LogP) is 1.16. The molecule has 1 aromatic rings. The molecule has 0 aromatic heterocycles. The first-order valence-corrected chi connectivity index (χ1v) is 5.00. The van der Waals surface area contributed by atoms with Crippen LogP contribution in [0.1, 0.15) is 0 Å². The Bertz CT molecular complexity index is 568. The molecule has 0 saturated heterocycles. The minimum Gasteiger partial charge on any atom is -0.258 e. The Morgan fingerprint density at radius 2 is 1.69 bits per heavy atom. The number of hydrogen-bond donors (Lipinski definition) is 0. The van der Waals surface area contributed by atoms with E-state index in [9.17, 15) is 32.5 Å². The van der Waals surface area contributed by atoms with Gasteiger partial charge in [0, 0.05) is 6.07 Å². The molecule has 0 saturated carbocycles. The van der Waals surface area contributed by atoms with E-state index in [1.165, 1.54) is 0 Å². The number of benzene rings is 1. The number of halogens is 1. The number of rotatable bonds is 3. The molecule has 0 atom stereocenters. The van der Waals surface area contributed by atoms with E-state index in [4.69, 9.17) is 0 Å². The SMILES string of the molecule is O=[N+]([O-])c1cccc(S(=O)(=O)F)c1[N+](=O)[O-]. The standard InChI is InChI=1S/C6H3FN2O6S/c7-16(14,15)5-3-1-2-4(8(10)11)6(5)9(12)13/h1-3H. The van der Waals surface area contributed by atoms with Gasteiger partial charge >= 0.3 is 21.6 Å². The van der Waals surface area contributed by atoms with Crippen LogP contribution in [0.4, 0.5) is 15.3 Å². The third kappa shape index (κ3) is 2.11. The molecular weight excluding hydrogens is 247 g/mol. The fraction of sp³-hybridized carbons (Fsp3) is 0. The van der Waals surface area contributed by atoms with Gasteiger partial charge in [-0.2, -0.15) is 8.42 Å². The fourth-order valence-corrected chi connectivity index (χ4v) is 1.69. The Labute approximate surface area is 87.8 Å². The summed E-state index contributed by atoms with van der Waals surface area (Å²) in [4.78, 5) is 17.1. The average molecular weight is 250 g/mol. The fourth-order valence-electron chi connectivity index (χ4n) is 1.04. The summed E-state index contributed by atoms with van der Waals surface area (Å²) in [6.45, 7) is 0. The van der Waals surface area contributed by atoms with Gasteiger partial charge in [-0.1, -0.05) is 6.07 Å². The van der Waals surface area contributed by atoms with Gasteiger partial charge in [-0.15, -0.1) is 3.89 Å². The first-order valence-electron chi connectivity index (χ1n) is 3.61. The minimum atomic E-state index is -5.38. The van der Waals surface area contributed by atoms with E-state index in [0.717, 1.165) is 6.07 Å². The second-order valence-electron chi connectivity index (χ2n) is 2.58. The summed E-state index contributed by atoms with van der Waals surface area (Å²) in [6, 6.07) is 2.14. The lowest BCUT2D eigenvalue weighted by molar-refractivity contribution is -0.424. The molecule has 0 aliphatic carbocycles. The molecule has 0 aliphatic heterocycles. The molecule has 1 aromatic carbocycles. The van der Waals surface area contributed by atoms with Crippen molar-refractivity contribution < 1.29 is 22.2 Å². The topological polar surface area (TPSA) is 120 Å². The molecule has 10 heteroatoms. The van der Waals surface area contributed by atoms with Crippen LogP contribution in [-0.2, 0) is 10.2 Å². The normalized spacial score (nSPS) is 11.1. The van der Waals surface area contributed by atoms with E-state index in [1.54, 1.807) is 0 Å². The molecule has 0 spiro atoms. The van der Waals surface area contributed by atoms with Gasteiger partial charge in [0.25, 0.3) is 0 Å². The van der Waals surface area contributed by atoms with Crippen molar-refractivity contribution >= 4 is 21.6 Å². The van der Waals surface area contributed by atoms with E-state index in [-0.39, 0.29) is 0 Å². The molecule has 0 unspecified atom stereocenters. The van der Waals surface area contributed by atoms with E-state index < -0.39 is 36.3 Å². The van der Waals surface area contributed by atoms with Crippen molar-refractivity contribution in [2.45, 2.75) is 4.90 Å². The van der Waals surface area contributed by atoms with Crippen molar-refractivity contribution in [1.29, 1.82) is 0 Å². The van der Waals surface area contributed by atoms with Crippen molar-refractivity contribution in [3.05, 3.63) is 38.4 Å². The summed E-state index contributed by atoms with van der Waals surface area (Å²) in [5.41, 5.74) is -2.46. The molecule has 0 radical (unpaired) electrons. The summed E-state index contributed by atoms with van der Waals surface area (Å²) in [7, 11) is -5.38. The van der Waals surface area contributed by atoms with Crippen LogP contribution in [0.15, 0.2) is 23.1 Å². The quantitative estimate of drug-likeness (QED) is 0.450. The van der Waals surface area contributed by atoms with Crippen molar-refractivity contribution in [3.63, 3.8) is 0 Å². The zero-order chi connectivity index (χ0) is 12.5. The second kappa shape index (κ2) is 3.81. The van der Waals surface area contributed by atoms with Gasteiger partial charge in [-0.25, -0.2) is 0 Å². The molecule has 0 heterocycles. The van der Waals surface area contributed by atoms with E-state index in [1.807, 2.05) is 0 Å². The van der Waals surface area contributed by atoms with Crippen molar-refractivity contribution in [2.24, 2.45) is 0 Å². The van der Waals surface area contributed by atoms with Crippen LogP contribution < -0.4 is 0 Å². The van der Waals surface area contributed by atoms with Gasteiger partial charge < -0.3 is 0 Å². The van der Waals surface area contributed by atoms with E-state index in [2.05, 4.69) is 0 Å². The summed E-state index contributed by atoms with van der Waals surface area (Å²) >= 11 is 0. The Morgan fingerprint density at radius 3 is 2.06 bits per heavy atom. The van der Waals surface area contributed by atoms with Gasteiger partial charge in [-0.3, -0.25) is 20.2 Å². The summed E-state index contributed by atoms with van der Waals surface area (Å²) in [5.74, 6) is 0. The van der Waals surface area contributed by atoms with Crippen LogP contribution in [0.5, 0.6) is 0 Å². The van der Waals surface area contributed by atoms with Gasteiger partial charge in [-0.05, 0) is 6.07 Å². The first kappa shape index (κ1) is 12.0. The smallest absolute Gasteiger partial charge is 0.258 e. The number of hydrogen-bond acceptors (Lipinski definition) is 6. The third-order valence-electron chi connectivity index (χ3n) is 1.62.